The zero-order chi connectivity index (χ0) is 18.1. The summed E-state index contributed by atoms with van der Waals surface area (Å²) in [7, 11) is 3.22. The first-order chi connectivity index (χ1) is 12.1. The monoisotopic (exact) mass is 345 g/mol. The molecule has 2 aromatic carbocycles. The summed E-state index contributed by atoms with van der Waals surface area (Å²) in [6.45, 7) is 2.70. The molecular formula is C19H23NO5. The van der Waals surface area contributed by atoms with E-state index in [9.17, 15) is 4.79 Å². The molecule has 0 aromatic heterocycles. The van der Waals surface area contributed by atoms with Gasteiger partial charge in [0.1, 0.15) is 23.9 Å². The molecule has 0 aliphatic carbocycles. The fraction of sp³-hybridized carbons (Fsp3) is 0.316. The van der Waals surface area contributed by atoms with Gasteiger partial charge >= 0.3 is 0 Å². The zero-order valence-corrected chi connectivity index (χ0v) is 14.7. The lowest BCUT2D eigenvalue weighted by molar-refractivity contribution is -0.122. The van der Waals surface area contributed by atoms with Crippen LogP contribution in [0.15, 0.2) is 48.5 Å². The van der Waals surface area contributed by atoms with Gasteiger partial charge in [0.15, 0.2) is 6.10 Å². The van der Waals surface area contributed by atoms with Gasteiger partial charge in [-0.15, -0.1) is 0 Å². The molecule has 0 heterocycles. The van der Waals surface area contributed by atoms with Crippen LogP contribution in [-0.4, -0.2) is 39.4 Å². The van der Waals surface area contributed by atoms with Crippen molar-refractivity contribution in [2.75, 3.05) is 32.8 Å². The van der Waals surface area contributed by atoms with E-state index in [1.807, 2.05) is 0 Å². The molecule has 2 aromatic rings. The van der Waals surface area contributed by atoms with Gasteiger partial charge in [0.25, 0.3) is 5.91 Å². The zero-order valence-electron chi connectivity index (χ0n) is 14.7. The molecular weight excluding hydrogens is 322 g/mol. The predicted octanol–water partition coefficient (Wildman–Crippen LogP) is 3.13. The fourth-order valence-corrected chi connectivity index (χ4v) is 2.03. The van der Waals surface area contributed by atoms with Crippen LogP contribution in [0.5, 0.6) is 17.2 Å². The van der Waals surface area contributed by atoms with E-state index in [0.29, 0.717) is 24.7 Å². The summed E-state index contributed by atoms with van der Waals surface area (Å²) < 4.78 is 21.1. The minimum Gasteiger partial charge on any atom is -0.497 e. The number of hydrogen-bond acceptors (Lipinski definition) is 5. The number of methoxy groups -OCH3 is 2. The molecule has 1 amide bonds. The van der Waals surface area contributed by atoms with E-state index in [0.717, 1.165) is 11.5 Å². The van der Waals surface area contributed by atoms with Gasteiger partial charge in [-0.25, -0.2) is 0 Å². The minimum absolute atomic E-state index is 0.233. The lowest BCUT2D eigenvalue weighted by Gasteiger charge is -2.15. The van der Waals surface area contributed by atoms with Crippen molar-refractivity contribution in [3.8, 4) is 17.2 Å². The highest BCUT2D eigenvalue weighted by Crippen LogP contribution is 2.19. The Morgan fingerprint density at radius 1 is 0.920 bits per heavy atom. The van der Waals surface area contributed by atoms with E-state index >= 15 is 0 Å². The maximum atomic E-state index is 12.2. The molecule has 0 radical (unpaired) electrons. The third-order valence-electron chi connectivity index (χ3n) is 3.42. The molecule has 1 unspecified atom stereocenters. The van der Waals surface area contributed by atoms with Crippen molar-refractivity contribution in [2.45, 2.75) is 13.0 Å². The van der Waals surface area contributed by atoms with Crippen LogP contribution in [0.2, 0.25) is 0 Å². The second-order valence-corrected chi connectivity index (χ2v) is 5.29. The van der Waals surface area contributed by atoms with Gasteiger partial charge in [-0.05, 0) is 55.5 Å². The van der Waals surface area contributed by atoms with Crippen LogP contribution in [0.25, 0.3) is 0 Å². The molecule has 0 bridgehead atoms. The summed E-state index contributed by atoms with van der Waals surface area (Å²) in [4.78, 5) is 12.2. The Hall–Kier alpha value is -2.73. The summed E-state index contributed by atoms with van der Waals surface area (Å²) in [5, 5.41) is 2.81. The number of ether oxygens (including phenoxy) is 4. The average Bonchev–Trinajstić information content (AvgIpc) is 2.64. The Balaban J connectivity index is 1.85. The number of rotatable bonds is 9. The molecule has 6 heteroatoms. The number of anilines is 1. The van der Waals surface area contributed by atoms with Crippen molar-refractivity contribution in [2.24, 2.45) is 0 Å². The Bertz CT molecular complexity index is 655. The van der Waals surface area contributed by atoms with Crippen molar-refractivity contribution >= 4 is 11.6 Å². The van der Waals surface area contributed by atoms with Gasteiger partial charge in [-0.2, -0.15) is 0 Å². The molecule has 2 rings (SSSR count). The minimum atomic E-state index is -0.633. The van der Waals surface area contributed by atoms with E-state index in [1.54, 1.807) is 69.7 Å². The maximum absolute atomic E-state index is 12.2. The Morgan fingerprint density at radius 2 is 1.52 bits per heavy atom. The molecule has 0 spiro atoms. The van der Waals surface area contributed by atoms with E-state index in [1.165, 1.54) is 0 Å². The van der Waals surface area contributed by atoms with Gasteiger partial charge < -0.3 is 24.3 Å². The van der Waals surface area contributed by atoms with E-state index in [4.69, 9.17) is 18.9 Å². The maximum Gasteiger partial charge on any atom is 0.265 e. The van der Waals surface area contributed by atoms with Crippen LogP contribution < -0.4 is 19.5 Å². The quantitative estimate of drug-likeness (QED) is 0.707. The van der Waals surface area contributed by atoms with E-state index < -0.39 is 6.10 Å². The topological polar surface area (TPSA) is 66.0 Å². The molecule has 0 saturated carbocycles. The number of amides is 1. The van der Waals surface area contributed by atoms with E-state index in [-0.39, 0.29) is 5.91 Å². The predicted molar refractivity (Wildman–Crippen MR) is 95.5 cm³/mol. The van der Waals surface area contributed by atoms with Crippen LogP contribution in [0.4, 0.5) is 5.69 Å². The Morgan fingerprint density at radius 3 is 2.12 bits per heavy atom. The summed E-state index contributed by atoms with van der Waals surface area (Å²) in [6, 6.07) is 14.2. The van der Waals surface area contributed by atoms with Gasteiger partial charge in [0.2, 0.25) is 0 Å². The van der Waals surface area contributed by atoms with Crippen molar-refractivity contribution in [1.29, 1.82) is 0 Å². The number of carbonyl (C=O) groups excluding carboxylic acids is 1. The lowest BCUT2D eigenvalue weighted by atomic mass is 10.2. The van der Waals surface area contributed by atoms with Crippen LogP contribution >= 0.6 is 0 Å². The molecule has 134 valence electrons. The van der Waals surface area contributed by atoms with Gasteiger partial charge in [0, 0.05) is 12.8 Å². The normalized spacial score (nSPS) is 11.5. The van der Waals surface area contributed by atoms with Crippen LogP contribution in [0, 0.1) is 0 Å². The summed E-state index contributed by atoms with van der Waals surface area (Å²) in [5.41, 5.74) is 0.675. The van der Waals surface area contributed by atoms with Crippen molar-refractivity contribution in [3.05, 3.63) is 48.5 Å². The smallest absolute Gasteiger partial charge is 0.265 e. The highest BCUT2D eigenvalue weighted by molar-refractivity contribution is 5.94. The first kappa shape index (κ1) is 18.6. The molecule has 25 heavy (non-hydrogen) atoms. The van der Waals surface area contributed by atoms with Crippen molar-refractivity contribution in [3.63, 3.8) is 0 Å². The highest BCUT2D eigenvalue weighted by atomic mass is 16.5. The van der Waals surface area contributed by atoms with Gasteiger partial charge in [-0.3, -0.25) is 4.79 Å². The largest absolute Gasteiger partial charge is 0.497 e. The average molecular weight is 345 g/mol. The Labute approximate surface area is 147 Å². The molecule has 1 N–H and O–H groups in total. The van der Waals surface area contributed by atoms with Gasteiger partial charge in [-0.1, -0.05) is 0 Å². The third-order valence-corrected chi connectivity index (χ3v) is 3.42. The van der Waals surface area contributed by atoms with Crippen LogP contribution in [0.3, 0.4) is 0 Å². The fourth-order valence-electron chi connectivity index (χ4n) is 2.03. The first-order valence-electron chi connectivity index (χ1n) is 7.95. The first-order valence-corrected chi connectivity index (χ1v) is 7.95. The van der Waals surface area contributed by atoms with Crippen LogP contribution in [0.1, 0.15) is 6.92 Å². The number of carbonyl (C=O) groups is 1. The third kappa shape index (κ3) is 6.00. The van der Waals surface area contributed by atoms with Crippen molar-refractivity contribution < 1.29 is 23.7 Å². The number of hydrogen-bond donors (Lipinski definition) is 1. The second-order valence-electron chi connectivity index (χ2n) is 5.29. The molecule has 1 atom stereocenters. The SMILES string of the molecule is COCCOc1ccc(NC(=O)C(C)Oc2ccc(OC)cc2)cc1. The van der Waals surface area contributed by atoms with Crippen molar-refractivity contribution in [1.82, 2.24) is 0 Å². The molecule has 0 aliphatic rings. The molecule has 6 nitrogen and oxygen atoms in total. The molecule has 0 saturated heterocycles. The van der Waals surface area contributed by atoms with E-state index in [2.05, 4.69) is 5.32 Å². The summed E-state index contributed by atoms with van der Waals surface area (Å²) >= 11 is 0. The highest BCUT2D eigenvalue weighted by Gasteiger charge is 2.15. The molecule has 0 fully saturated rings. The number of benzene rings is 2. The lowest BCUT2D eigenvalue weighted by Crippen LogP contribution is -2.30. The standard InChI is InChI=1S/C19H23NO5/c1-14(25-18-10-8-16(23-3)9-11-18)19(21)20-15-4-6-17(7-5-15)24-13-12-22-2/h4-11,14H,12-13H2,1-3H3,(H,20,21). The van der Waals surface area contributed by atoms with Crippen LogP contribution in [-0.2, 0) is 9.53 Å². The van der Waals surface area contributed by atoms with Gasteiger partial charge in [0.05, 0.1) is 13.7 Å². The second kappa shape index (κ2) is 9.54. The summed E-state index contributed by atoms with van der Waals surface area (Å²) in [5.74, 6) is 1.82. The number of nitrogens with one attached hydrogen (secondary N) is 1. The molecule has 0 aliphatic heterocycles. The Kier molecular flexibility index (Phi) is 7.10. The summed E-state index contributed by atoms with van der Waals surface area (Å²) in [6.07, 6.45) is -0.633.